The van der Waals surface area contributed by atoms with Gasteiger partial charge in [0.05, 0.1) is 18.9 Å². The number of hydrogen-bond acceptors (Lipinski definition) is 3. The molecule has 1 fully saturated rings. The van der Waals surface area contributed by atoms with Crippen LogP contribution in [0.1, 0.15) is 18.4 Å². The molecule has 2 atom stereocenters. The van der Waals surface area contributed by atoms with Gasteiger partial charge in [-0.3, -0.25) is 14.9 Å². The van der Waals surface area contributed by atoms with Crippen LogP contribution in [0.15, 0.2) is 24.3 Å². The van der Waals surface area contributed by atoms with Gasteiger partial charge in [-0.05, 0) is 17.7 Å². The molecule has 0 bridgehead atoms. The Morgan fingerprint density at radius 3 is 2.56 bits per heavy atom. The second-order valence-electron chi connectivity index (χ2n) is 3.90. The van der Waals surface area contributed by atoms with Crippen molar-refractivity contribution in [1.29, 1.82) is 0 Å². The van der Waals surface area contributed by atoms with Crippen LogP contribution in [-0.4, -0.2) is 18.9 Å². The Labute approximate surface area is 93.6 Å². The van der Waals surface area contributed by atoms with Crippen LogP contribution in [0.2, 0.25) is 0 Å². The summed E-state index contributed by atoms with van der Waals surface area (Å²) in [5.74, 6) is -0.470. The predicted octanol–water partition coefficient (Wildman–Crippen LogP) is 1.07. The molecular weight excluding hydrogens is 206 g/mol. The zero-order chi connectivity index (χ0) is 11.7. The number of methoxy groups -OCH3 is 1. The van der Waals surface area contributed by atoms with E-state index in [0.717, 1.165) is 5.56 Å². The van der Waals surface area contributed by atoms with E-state index in [1.807, 2.05) is 18.2 Å². The number of benzene rings is 1. The van der Waals surface area contributed by atoms with E-state index >= 15 is 0 Å². The maximum absolute atomic E-state index is 11.6. The number of imide groups is 1. The lowest BCUT2D eigenvalue weighted by molar-refractivity contribution is -0.125. The lowest BCUT2D eigenvalue weighted by Gasteiger charge is -2.12. The molecule has 2 amide bonds. The zero-order valence-electron chi connectivity index (χ0n) is 9.19. The molecule has 84 valence electrons. The molecule has 1 aromatic carbocycles. The third kappa shape index (κ3) is 1.66. The minimum absolute atomic E-state index is 0.210. The lowest BCUT2D eigenvalue weighted by Crippen LogP contribution is -2.21. The van der Waals surface area contributed by atoms with E-state index in [-0.39, 0.29) is 17.7 Å². The Morgan fingerprint density at radius 2 is 2.00 bits per heavy atom. The van der Waals surface area contributed by atoms with Crippen molar-refractivity contribution in [2.45, 2.75) is 12.8 Å². The average molecular weight is 219 g/mol. The van der Waals surface area contributed by atoms with E-state index < -0.39 is 5.92 Å². The third-order valence-electron chi connectivity index (χ3n) is 2.90. The van der Waals surface area contributed by atoms with Gasteiger partial charge in [0.2, 0.25) is 11.8 Å². The summed E-state index contributed by atoms with van der Waals surface area (Å²) in [5, 5.41) is 2.33. The van der Waals surface area contributed by atoms with Gasteiger partial charge in [0, 0.05) is 0 Å². The minimum Gasteiger partial charge on any atom is -0.497 e. The topological polar surface area (TPSA) is 55.4 Å². The molecule has 0 aromatic heterocycles. The van der Waals surface area contributed by atoms with Crippen LogP contribution in [0, 0.1) is 5.92 Å². The summed E-state index contributed by atoms with van der Waals surface area (Å²) in [4.78, 5) is 23.0. The van der Waals surface area contributed by atoms with Crippen LogP contribution in [0.3, 0.4) is 0 Å². The van der Waals surface area contributed by atoms with Crippen molar-refractivity contribution >= 4 is 11.8 Å². The molecule has 1 N–H and O–H groups in total. The highest BCUT2D eigenvalue weighted by Crippen LogP contribution is 2.31. The second kappa shape index (κ2) is 3.96. The number of hydrogen-bond donors (Lipinski definition) is 1. The largest absolute Gasteiger partial charge is 0.497 e. The molecule has 1 aromatic rings. The highest BCUT2D eigenvalue weighted by Gasteiger charge is 2.39. The van der Waals surface area contributed by atoms with E-state index in [1.165, 1.54) is 0 Å². The fourth-order valence-corrected chi connectivity index (χ4v) is 1.97. The van der Waals surface area contributed by atoms with E-state index in [2.05, 4.69) is 5.32 Å². The van der Waals surface area contributed by atoms with Crippen molar-refractivity contribution in [3.8, 4) is 5.75 Å². The van der Waals surface area contributed by atoms with Crippen molar-refractivity contribution in [3.05, 3.63) is 29.8 Å². The van der Waals surface area contributed by atoms with Crippen LogP contribution in [-0.2, 0) is 9.59 Å². The molecule has 0 radical (unpaired) electrons. The van der Waals surface area contributed by atoms with E-state index in [0.29, 0.717) is 5.75 Å². The zero-order valence-corrected chi connectivity index (χ0v) is 9.19. The number of amides is 2. The molecule has 1 saturated heterocycles. The minimum atomic E-state index is -0.400. The van der Waals surface area contributed by atoms with Gasteiger partial charge in [0.25, 0.3) is 0 Å². The maximum atomic E-state index is 11.6. The summed E-state index contributed by atoms with van der Waals surface area (Å²) in [5.41, 5.74) is 0.815. The summed E-state index contributed by atoms with van der Waals surface area (Å²) in [6.07, 6.45) is 0. The molecule has 0 aliphatic carbocycles. The summed E-state index contributed by atoms with van der Waals surface area (Å²) in [6.45, 7) is 1.75. The maximum Gasteiger partial charge on any atom is 0.234 e. The molecule has 0 saturated carbocycles. The molecule has 1 aliphatic rings. The Kier molecular flexibility index (Phi) is 2.64. The van der Waals surface area contributed by atoms with Crippen LogP contribution >= 0.6 is 0 Å². The Balaban J connectivity index is 2.36. The lowest BCUT2D eigenvalue weighted by atomic mass is 9.89. The van der Waals surface area contributed by atoms with E-state index in [1.54, 1.807) is 20.1 Å². The van der Waals surface area contributed by atoms with Gasteiger partial charge in [-0.2, -0.15) is 0 Å². The molecule has 4 nitrogen and oxygen atoms in total. The first-order valence-corrected chi connectivity index (χ1v) is 5.12. The van der Waals surface area contributed by atoms with Crippen molar-refractivity contribution < 1.29 is 14.3 Å². The number of carbonyl (C=O) groups excluding carboxylic acids is 2. The monoisotopic (exact) mass is 219 g/mol. The van der Waals surface area contributed by atoms with Gasteiger partial charge in [0.1, 0.15) is 5.75 Å². The van der Waals surface area contributed by atoms with Crippen molar-refractivity contribution in [2.24, 2.45) is 5.92 Å². The highest BCUT2D eigenvalue weighted by atomic mass is 16.5. The first-order valence-electron chi connectivity index (χ1n) is 5.12. The normalized spacial score (nSPS) is 24.4. The van der Waals surface area contributed by atoms with Crippen LogP contribution in [0.5, 0.6) is 5.75 Å². The van der Waals surface area contributed by atoms with E-state index in [4.69, 9.17) is 4.74 Å². The van der Waals surface area contributed by atoms with Gasteiger partial charge < -0.3 is 4.74 Å². The molecular formula is C12H13NO3. The van der Waals surface area contributed by atoms with Gasteiger partial charge in [0.15, 0.2) is 0 Å². The first kappa shape index (κ1) is 10.7. The number of ether oxygens (including phenoxy) is 1. The number of rotatable bonds is 2. The summed E-state index contributed by atoms with van der Waals surface area (Å²) in [7, 11) is 1.57. The number of nitrogens with one attached hydrogen (secondary N) is 1. The fourth-order valence-electron chi connectivity index (χ4n) is 1.97. The van der Waals surface area contributed by atoms with Crippen molar-refractivity contribution in [3.63, 3.8) is 0 Å². The van der Waals surface area contributed by atoms with Gasteiger partial charge >= 0.3 is 0 Å². The Hall–Kier alpha value is -1.84. The van der Waals surface area contributed by atoms with Gasteiger partial charge in [-0.1, -0.05) is 19.1 Å². The molecule has 1 aliphatic heterocycles. The molecule has 2 unspecified atom stereocenters. The van der Waals surface area contributed by atoms with Crippen LogP contribution < -0.4 is 10.1 Å². The molecule has 4 heteroatoms. The van der Waals surface area contributed by atoms with Crippen molar-refractivity contribution in [2.75, 3.05) is 7.11 Å². The van der Waals surface area contributed by atoms with Crippen LogP contribution in [0.25, 0.3) is 0 Å². The molecule has 2 rings (SSSR count). The van der Waals surface area contributed by atoms with Crippen molar-refractivity contribution in [1.82, 2.24) is 5.32 Å². The van der Waals surface area contributed by atoms with E-state index in [9.17, 15) is 9.59 Å². The second-order valence-corrected chi connectivity index (χ2v) is 3.90. The molecule has 16 heavy (non-hydrogen) atoms. The standard InChI is InChI=1S/C12H13NO3/c1-7-10(12(15)13-11(7)14)8-4-3-5-9(6-8)16-2/h3-7,10H,1-2H3,(H,13,14,15). The first-order chi connectivity index (χ1) is 7.63. The average Bonchev–Trinajstić information content (AvgIpc) is 2.53. The van der Waals surface area contributed by atoms with Gasteiger partial charge in [-0.25, -0.2) is 0 Å². The third-order valence-corrected chi connectivity index (χ3v) is 2.90. The summed E-state index contributed by atoms with van der Waals surface area (Å²) < 4.78 is 5.10. The smallest absolute Gasteiger partial charge is 0.234 e. The molecule has 0 spiro atoms. The number of carbonyl (C=O) groups is 2. The van der Waals surface area contributed by atoms with Crippen LogP contribution in [0.4, 0.5) is 0 Å². The summed E-state index contributed by atoms with van der Waals surface area (Å²) >= 11 is 0. The fraction of sp³-hybridized carbons (Fsp3) is 0.333. The SMILES string of the molecule is COc1cccc(C2C(=O)NC(=O)C2C)c1. The predicted molar refractivity (Wildman–Crippen MR) is 58.0 cm³/mol. The summed E-state index contributed by atoms with van der Waals surface area (Å²) in [6, 6.07) is 7.25. The molecule has 1 heterocycles. The van der Waals surface area contributed by atoms with Gasteiger partial charge in [-0.15, -0.1) is 0 Å². The quantitative estimate of drug-likeness (QED) is 0.757. The highest BCUT2D eigenvalue weighted by molar-refractivity contribution is 6.07. The Bertz CT molecular complexity index is 442. The Morgan fingerprint density at radius 1 is 1.25 bits per heavy atom.